The van der Waals surface area contributed by atoms with Crippen LogP contribution >= 0.6 is 0 Å². The number of hydrogen-bond acceptors (Lipinski definition) is 8. The number of aromatic nitrogens is 4. The molecule has 0 radical (unpaired) electrons. The molecule has 0 unspecified atom stereocenters. The zero-order valence-corrected chi connectivity index (χ0v) is 20.9. The maximum atomic E-state index is 14.4. The third kappa shape index (κ3) is 5.32. The van der Waals surface area contributed by atoms with Crippen LogP contribution < -0.4 is 16.0 Å². The van der Waals surface area contributed by atoms with E-state index < -0.39 is 23.1 Å². The zero-order chi connectivity index (χ0) is 26.2. The lowest BCUT2D eigenvalue weighted by Gasteiger charge is -2.28. The number of fused-ring (bicyclic) bond motifs is 1. The van der Waals surface area contributed by atoms with E-state index in [1.165, 1.54) is 12.8 Å². The van der Waals surface area contributed by atoms with Crippen molar-refractivity contribution in [2.75, 3.05) is 30.4 Å². The first-order valence-electron chi connectivity index (χ1n) is 13.2. The number of nitrogens with one attached hydrogen (secondary N) is 3. The fourth-order valence-electron chi connectivity index (χ4n) is 5.31. The number of ketones is 1. The van der Waals surface area contributed by atoms with Gasteiger partial charge in [0.15, 0.2) is 17.3 Å². The molecule has 3 heterocycles. The van der Waals surface area contributed by atoms with Crippen LogP contribution in [0.2, 0.25) is 0 Å². The van der Waals surface area contributed by atoms with Crippen LogP contribution in [0, 0.1) is 23.4 Å². The average molecular weight is 530 g/mol. The molecule has 9 nitrogen and oxygen atoms in total. The Morgan fingerprint density at radius 3 is 2.42 bits per heavy atom. The molecule has 3 aliphatic rings. The molecule has 0 amide bonds. The predicted molar refractivity (Wildman–Crippen MR) is 135 cm³/mol. The molecule has 2 aromatic heterocycles. The van der Waals surface area contributed by atoms with E-state index in [1.807, 2.05) is 0 Å². The van der Waals surface area contributed by atoms with Crippen LogP contribution in [0.5, 0.6) is 0 Å². The van der Waals surface area contributed by atoms with Crippen molar-refractivity contribution in [3.05, 3.63) is 35.8 Å². The smallest absolute Gasteiger partial charge is 0.224 e. The van der Waals surface area contributed by atoms with Crippen LogP contribution in [0.3, 0.4) is 0 Å². The molecule has 2 saturated carbocycles. The summed E-state index contributed by atoms with van der Waals surface area (Å²) in [4.78, 5) is 26.1. The van der Waals surface area contributed by atoms with Crippen LogP contribution in [-0.2, 0) is 9.53 Å². The number of nitrogens with zero attached hydrogens (tertiary/aromatic N) is 4. The largest absolute Gasteiger partial charge is 0.379 e. The molecule has 6 rings (SSSR count). The van der Waals surface area contributed by atoms with Gasteiger partial charge in [0.1, 0.15) is 22.8 Å². The summed E-state index contributed by atoms with van der Waals surface area (Å²) in [6.45, 7) is 1.40. The topological polar surface area (TPSA) is 106 Å². The van der Waals surface area contributed by atoms with E-state index in [0.717, 1.165) is 25.7 Å². The molecule has 1 aromatic carbocycles. The first-order chi connectivity index (χ1) is 18.4. The third-order valence-corrected chi connectivity index (χ3v) is 7.61. The fraction of sp³-hybridized carbons (Fsp3) is 0.538. The van der Waals surface area contributed by atoms with Crippen molar-refractivity contribution < 1.29 is 22.7 Å². The first kappa shape index (κ1) is 25.1. The average Bonchev–Trinajstić information content (AvgIpc) is 3.44. The summed E-state index contributed by atoms with van der Waals surface area (Å²) in [6, 6.07) is 1.75. The minimum Gasteiger partial charge on any atom is -0.379 e. The lowest BCUT2D eigenvalue weighted by molar-refractivity contribution is -0.123. The van der Waals surface area contributed by atoms with Gasteiger partial charge >= 0.3 is 0 Å². The molecule has 202 valence electrons. The summed E-state index contributed by atoms with van der Waals surface area (Å²) in [5.74, 6) is -2.14. The van der Waals surface area contributed by atoms with Crippen molar-refractivity contribution in [2.45, 2.75) is 63.1 Å². The van der Waals surface area contributed by atoms with Gasteiger partial charge in [-0.05, 0) is 44.9 Å². The van der Waals surface area contributed by atoms with Crippen molar-refractivity contribution in [3.63, 3.8) is 0 Å². The number of carbonyl (C=O) groups is 1. The van der Waals surface area contributed by atoms with Crippen molar-refractivity contribution >= 4 is 34.5 Å². The first-order valence-corrected chi connectivity index (χ1v) is 13.2. The van der Waals surface area contributed by atoms with Gasteiger partial charge in [0, 0.05) is 36.7 Å². The molecule has 0 spiro atoms. The molecule has 3 fully saturated rings. The van der Waals surface area contributed by atoms with Crippen LogP contribution in [0.1, 0.15) is 51.0 Å². The number of carbonyl (C=O) groups excluding carboxylic acids is 1. The van der Waals surface area contributed by atoms with Gasteiger partial charge in [-0.1, -0.05) is 0 Å². The number of benzene rings is 1. The van der Waals surface area contributed by atoms with Gasteiger partial charge in [-0.25, -0.2) is 23.1 Å². The summed E-state index contributed by atoms with van der Waals surface area (Å²) in [7, 11) is 0. The number of Topliss-reactive ketones (excluding diaryl/α,β-unsaturated/α-hetero) is 1. The van der Waals surface area contributed by atoms with Gasteiger partial charge in [0.2, 0.25) is 11.9 Å². The van der Waals surface area contributed by atoms with Crippen molar-refractivity contribution in [2.24, 2.45) is 5.92 Å². The number of anilines is 3. The van der Waals surface area contributed by atoms with Crippen LogP contribution in [0.15, 0.2) is 18.3 Å². The van der Waals surface area contributed by atoms with Crippen molar-refractivity contribution in [1.82, 2.24) is 24.8 Å². The quantitative estimate of drug-likeness (QED) is 0.378. The Labute approximate surface area is 217 Å². The number of imidazole rings is 1. The highest BCUT2D eigenvalue weighted by molar-refractivity contribution is 5.83. The van der Waals surface area contributed by atoms with E-state index in [9.17, 15) is 18.0 Å². The second-order valence-electron chi connectivity index (χ2n) is 10.4. The van der Waals surface area contributed by atoms with E-state index >= 15 is 0 Å². The van der Waals surface area contributed by atoms with Gasteiger partial charge in [-0.15, -0.1) is 0 Å². The third-order valence-electron chi connectivity index (χ3n) is 7.61. The molecule has 12 heteroatoms. The Morgan fingerprint density at radius 1 is 1.00 bits per heavy atom. The SMILES string of the molecule is O=C(CNC1CC1)C1CCC(Nc2ncc3nc(Nc4c(F)cc(F)cc4F)n([C@H]4CCOC4)c3n2)CC1. The number of ether oxygens (including phenoxy) is 1. The molecule has 1 saturated heterocycles. The second kappa shape index (κ2) is 10.5. The summed E-state index contributed by atoms with van der Waals surface area (Å²) >= 11 is 0. The van der Waals surface area contributed by atoms with Gasteiger partial charge in [0.25, 0.3) is 0 Å². The van der Waals surface area contributed by atoms with Gasteiger partial charge in [-0.3, -0.25) is 9.36 Å². The van der Waals surface area contributed by atoms with Crippen LogP contribution in [0.4, 0.5) is 30.8 Å². The van der Waals surface area contributed by atoms with E-state index in [2.05, 4.69) is 25.9 Å². The molecule has 1 atom stereocenters. The lowest BCUT2D eigenvalue weighted by atomic mass is 9.83. The van der Waals surface area contributed by atoms with Crippen LogP contribution in [-0.4, -0.2) is 57.1 Å². The van der Waals surface area contributed by atoms with Crippen LogP contribution in [0.25, 0.3) is 11.2 Å². The molecular formula is C26H30F3N7O2. The molecular weight excluding hydrogens is 499 g/mol. The fourth-order valence-corrected chi connectivity index (χ4v) is 5.31. The standard InChI is InChI=1S/C26H30F3N7O2/c27-15-9-19(28)23(20(29)10-15)34-26-33-21-11-31-25(35-24(21)36(26)18-7-8-38-13-18)32-17-3-1-14(2-4-17)22(37)12-30-16-5-6-16/h9-11,14,16-18,30H,1-8,12-13H2,(H,33,34)(H,31,32,35)/t14?,17?,18-/m0/s1. The van der Waals surface area contributed by atoms with E-state index in [0.29, 0.717) is 67.2 Å². The van der Waals surface area contributed by atoms with Gasteiger partial charge in [0.05, 0.1) is 25.4 Å². The lowest BCUT2D eigenvalue weighted by Crippen LogP contribution is -2.34. The Hall–Kier alpha value is -3.25. The Morgan fingerprint density at radius 2 is 1.74 bits per heavy atom. The summed E-state index contributed by atoms with van der Waals surface area (Å²) in [5, 5.41) is 9.39. The Kier molecular flexibility index (Phi) is 6.91. The molecule has 3 N–H and O–H groups in total. The highest BCUT2D eigenvalue weighted by Gasteiger charge is 2.29. The molecule has 1 aliphatic heterocycles. The normalized spacial score (nSPS) is 23.6. The highest BCUT2D eigenvalue weighted by atomic mass is 19.1. The zero-order valence-electron chi connectivity index (χ0n) is 20.9. The van der Waals surface area contributed by atoms with Crippen molar-refractivity contribution in [1.29, 1.82) is 0 Å². The van der Waals surface area contributed by atoms with E-state index in [-0.39, 0.29) is 23.9 Å². The van der Waals surface area contributed by atoms with Gasteiger partial charge < -0.3 is 20.7 Å². The van der Waals surface area contributed by atoms with E-state index in [4.69, 9.17) is 9.72 Å². The number of rotatable bonds is 9. The van der Waals surface area contributed by atoms with E-state index in [1.54, 1.807) is 10.8 Å². The molecule has 38 heavy (non-hydrogen) atoms. The summed E-state index contributed by atoms with van der Waals surface area (Å²) in [5.41, 5.74) is 0.454. The minimum absolute atomic E-state index is 0.0902. The number of hydrogen-bond donors (Lipinski definition) is 3. The van der Waals surface area contributed by atoms with Gasteiger partial charge in [-0.2, -0.15) is 4.98 Å². The maximum absolute atomic E-state index is 14.4. The van der Waals surface area contributed by atoms with Crippen molar-refractivity contribution in [3.8, 4) is 0 Å². The monoisotopic (exact) mass is 529 g/mol. The Balaban J connectivity index is 1.20. The predicted octanol–water partition coefficient (Wildman–Crippen LogP) is 4.24. The maximum Gasteiger partial charge on any atom is 0.224 e. The number of halogens is 3. The minimum atomic E-state index is -1.06. The molecule has 2 aliphatic carbocycles. The Bertz CT molecular complexity index is 1310. The molecule has 3 aromatic rings. The highest BCUT2D eigenvalue weighted by Crippen LogP contribution is 2.33. The molecule has 0 bridgehead atoms. The second-order valence-corrected chi connectivity index (χ2v) is 10.4. The summed E-state index contributed by atoms with van der Waals surface area (Å²) < 4.78 is 49.5. The summed E-state index contributed by atoms with van der Waals surface area (Å²) in [6.07, 6.45) is 7.90.